The zero-order chi connectivity index (χ0) is 18.7. The molecule has 0 saturated heterocycles. The van der Waals surface area contributed by atoms with Crippen molar-refractivity contribution >= 4 is 17.2 Å². The number of carbonyl (C=O) groups is 1. The van der Waals surface area contributed by atoms with Crippen LogP contribution in [0.15, 0.2) is 47.4 Å². The molecule has 0 saturated carbocycles. The van der Waals surface area contributed by atoms with E-state index in [1.807, 2.05) is 13.0 Å². The Labute approximate surface area is 156 Å². The maximum Gasteiger partial charge on any atom is 0.255 e. The monoisotopic (exact) mass is 367 g/mol. The Kier molecular flexibility index (Phi) is 5.32. The van der Waals surface area contributed by atoms with Gasteiger partial charge in [0.25, 0.3) is 11.5 Å². The van der Waals surface area contributed by atoms with Crippen molar-refractivity contribution in [3.8, 4) is 11.1 Å². The summed E-state index contributed by atoms with van der Waals surface area (Å²) in [5.74, 6) is 0.210. The predicted octanol–water partition coefficient (Wildman–Crippen LogP) is 3.86. The summed E-state index contributed by atoms with van der Waals surface area (Å²) < 4.78 is 0. The lowest BCUT2D eigenvalue weighted by molar-refractivity contribution is 0.0951. The number of aromatic nitrogens is 2. The van der Waals surface area contributed by atoms with Crippen molar-refractivity contribution < 1.29 is 4.79 Å². The number of benzene rings is 1. The first-order valence-corrected chi connectivity index (χ1v) is 9.30. The van der Waals surface area contributed by atoms with Gasteiger partial charge in [-0.2, -0.15) is 0 Å². The predicted molar refractivity (Wildman–Crippen MR) is 105 cm³/mol. The van der Waals surface area contributed by atoms with Crippen LogP contribution >= 0.6 is 11.3 Å². The number of hydrogen-bond donors (Lipinski definition) is 2. The first-order chi connectivity index (χ1) is 12.5. The van der Waals surface area contributed by atoms with Gasteiger partial charge in [0.05, 0.1) is 17.2 Å². The molecule has 3 rings (SSSR count). The van der Waals surface area contributed by atoms with Gasteiger partial charge in [-0.25, -0.2) is 4.98 Å². The van der Waals surface area contributed by atoms with Gasteiger partial charge in [-0.05, 0) is 36.8 Å². The molecule has 5 nitrogen and oxygen atoms in total. The van der Waals surface area contributed by atoms with Gasteiger partial charge in [0.15, 0.2) is 0 Å². The molecular formula is C20H21N3O2S. The average Bonchev–Trinajstić information content (AvgIpc) is 3.01. The van der Waals surface area contributed by atoms with E-state index in [9.17, 15) is 9.59 Å². The molecule has 0 radical (unpaired) electrons. The van der Waals surface area contributed by atoms with E-state index < -0.39 is 0 Å². The zero-order valence-electron chi connectivity index (χ0n) is 15.0. The highest BCUT2D eigenvalue weighted by molar-refractivity contribution is 7.11. The van der Waals surface area contributed by atoms with Crippen molar-refractivity contribution in [1.29, 1.82) is 0 Å². The molecule has 1 amide bonds. The Morgan fingerprint density at radius 3 is 2.77 bits per heavy atom. The van der Waals surface area contributed by atoms with Crippen LogP contribution in [0.3, 0.4) is 0 Å². The fourth-order valence-electron chi connectivity index (χ4n) is 2.60. The summed E-state index contributed by atoms with van der Waals surface area (Å²) in [4.78, 5) is 32.7. The van der Waals surface area contributed by atoms with E-state index in [1.54, 1.807) is 47.9 Å². The molecule has 3 aromatic rings. The van der Waals surface area contributed by atoms with E-state index in [1.165, 1.54) is 0 Å². The third kappa shape index (κ3) is 3.91. The van der Waals surface area contributed by atoms with Gasteiger partial charge in [-0.3, -0.25) is 9.59 Å². The van der Waals surface area contributed by atoms with Crippen molar-refractivity contribution in [3.63, 3.8) is 0 Å². The Bertz CT molecular complexity index is 988. The van der Waals surface area contributed by atoms with Gasteiger partial charge in [-0.1, -0.05) is 26.0 Å². The summed E-state index contributed by atoms with van der Waals surface area (Å²) in [6.07, 6.45) is 1.59. The van der Waals surface area contributed by atoms with Crippen LogP contribution in [0.4, 0.5) is 0 Å². The van der Waals surface area contributed by atoms with Gasteiger partial charge in [0, 0.05) is 28.1 Å². The molecule has 0 bridgehead atoms. The molecule has 0 atom stereocenters. The van der Waals surface area contributed by atoms with Crippen molar-refractivity contribution in [1.82, 2.24) is 15.3 Å². The van der Waals surface area contributed by atoms with Crippen LogP contribution in [-0.2, 0) is 6.54 Å². The standard InChI is InChI=1S/C20H21N3O2S/c1-12(2)20-23-13(3)17(26-20)11-22-18(24)15-7-4-6-14(10-15)16-8-5-9-21-19(16)25/h4-10,12H,11H2,1-3H3,(H,21,25)(H,22,24). The third-order valence-corrected chi connectivity index (χ3v) is 5.52. The number of thiazole rings is 1. The summed E-state index contributed by atoms with van der Waals surface area (Å²) in [6, 6.07) is 10.6. The van der Waals surface area contributed by atoms with Crippen LogP contribution in [-0.4, -0.2) is 15.9 Å². The third-order valence-electron chi connectivity index (χ3n) is 4.07. The van der Waals surface area contributed by atoms with Crippen molar-refractivity contribution in [3.05, 3.63) is 74.1 Å². The van der Waals surface area contributed by atoms with E-state index >= 15 is 0 Å². The zero-order valence-corrected chi connectivity index (χ0v) is 15.8. The Morgan fingerprint density at radius 2 is 2.08 bits per heavy atom. The number of nitrogens with one attached hydrogen (secondary N) is 2. The molecule has 2 N–H and O–H groups in total. The van der Waals surface area contributed by atoms with E-state index in [-0.39, 0.29) is 11.5 Å². The summed E-state index contributed by atoms with van der Waals surface area (Å²) in [6.45, 7) is 6.63. The average molecular weight is 367 g/mol. The number of hydrogen-bond acceptors (Lipinski definition) is 4. The normalized spacial score (nSPS) is 10.9. The highest BCUT2D eigenvalue weighted by atomic mass is 32.1. The second-order valence-electron chi connectivity index (χ2n) is 6.39. The quantitative estimate of drug-likeness (QED) is 0.719. The van der Waals surface area contributed by atoms with Crippen LogP contribution < -0.4 is 10.9 Å². The maximum absolute atomic E-state index is 12.5. The van der Waals surface area contributed by atoms with Gasteiger partial charge in [0.1, 0.15) is 0 Å². The van der Waals surface area contributed by atoms with E-state index in [4.69, 9.17) is 0 Å². The molecule has 0 aliphatic heterocycles. The number of nitrogens with zero attached hydrogens (tertiary/aromatic N) is 1. The lowest BCUT2D eigenvalue weighted by Crippen LogP contribution is -2.22. The smallest absolute Gasteiger partial charge is 0.255 e. The van der Waals surface area contributed by atoms with Crippen LogP contribution in [0.2, 0.25) is 0 Å². The highest BCUT2D eigenvalue weighted by Crippen LogP contribution is 2.24. The largest absolute Gasteiger partial charge is 0.347 e. The molecule has 134 valence electrons. The molecule has 0 aliphatic rings. The Morgan fingerprint density at radius 1 is 1.27 bits per heavy atom. The van der Waals surface area contributed by atoms with Gasteiger partial charge in [-0.15, -0.1) is 11.3 Å². The first-order valence-electron chi connectivity index (χ1n) is 8.48. The molecule has 0 fully saturated rings. The van der Waals surface area contributed by atoms with Crippen LogP contribution in [0, 0.1) is 6.92 Å². The molecule has 6 heteroatoms. The molecule has 2 aromatic heterocycles. The highest BCUT2D eigenvalue weighted by Gasteiger charge is 2.13. The van der Waals surface area contributed by atoms with Gasteiger partial charge < -0.3 is 10.3 Å². The molecular weight excluding hydrogens is 346 g/mol. The molecule has 1 aromatic carbocycles. The second kappa shape index (κ2) is 7.66. The molecule has 0 aliphatic carbocycles. The Balaban J connectivity index is 1.76. The maximum atomic E-state index is 12.5. The topological polar surface area (TPSA) is 74.8 Å². The lowest BCUT2D eigenvalue weighted by Gasteiger charge is -2.06. The summed E-state index contributed by atoms with van der Waals surface area (Å²) in [7, 11) is 0. The number of amides is 1. The molecule has 0 unspecified atom stereocenters. The van der Waals surface area contributed by atoms with Crippen LogP contribution in [0.1, 0.15) is 45.7 Å². The van der Waals surface area contributed by atoms with E-state index in [2.05, 4.69) is 29.1 Å². The van der Waals surface area contributed by atoms with Gasteiger partial charge in [0.2, 0.25) is 0 Å². The van der Waals surface area contributed by atoms with E-state index in [0.29, 0.717) is 23.6 Å². The molecule has 2 heterocycles. The number of aryl methyl sites for hydroxylation is 1. The number of rotatable bonds is 5. The minimum atomic E-state index is -0.174. The summed E-state index contributed by atoms with van der Waals surface area (Å²) in [5.41, 5.74) is 2.57. The Hall–Kier alpha value is -2.73. The molecule has 26 heavy (non-hydrogen) atoms. The molecule has 0 spiro atoms. The summed E-state index contributed by atoms with van der Waals surface area (Å²) >= 11 is 1.64. The van der Waals surface area contributed by atoms with E-state index in [0.717, 1.165) is 21.1 Å². The van der Waals surface area contributed by atoms with Crippen molar-refractivity contribution in [2.24, 2.45) is 0 Å². The lowest BCUT2D eigenvalue weighted by atomic mass is 10.0. The second-order valence-corrected chi connectivity index (χ2v) is 7.51. The van der Waals surface area contributed by atoms with Crippen LogP contribution in [0.25, 0.3) is 11.1 Å². The number of carbonyl (C=O) groups excluding carboxylic acids is 1. The van der Waals surface area contributed by atoms with Gasteiger partial charge >= 0.3 is 0 Å². The van der Waals surface area contributed by atoms with Crippen LogP contribution in [0.5, 0.6) is 0 Å². The number of H-pyrrole nitrogens is 1. The SMILES string of the molecule is Cc1nc(C(C)C)sc1CNC(=O)c1cccc(-c2ccc[nH]c2=O)c1. The number of pyridine rings is 1. The fourth-order valence-corrected chi connectivity index (χ4v) is 3.61. The number of aromatic amines is 1. The summed E-state index contributed by atoms with van der Waals surface area (Å²) in [5, 5.41) is 4.03. The minimum Gasteiger partial charge on any atom is -0.347 e. The first kappa shape index (κ1) is 18.1. The van der Waals surface area contributed by atoms with Crippen molar-refractivity contribution in [2.45, 2.75) is 33.2 Å². The van der Waals surface area contributed by atoms with Crippen molar-refractivity contribution in [2.75, 3.05) is 0 Å². The fraction of sp³-hybridized carbons (Fsp3) is 0.250. The minimum absolute atomic E-state index is 0.168.